The molecule has 0 aromatic carbocycles. The van der Waals surface area contributed by atoms with Crippen LogP contribution in [-0.2, 0) is 14.4 Å². The number of amides is 4. The van der Waals surface area contributed by atoms with Crippen LogP contribution in [0.1, 0.15) is 13.3 Å². The van der Waals surface area contributed by atoms with E-state index in [4.69, 9.17) is 5.11 Å². The van der Waals surface area contributed by atoms with Gasteiger partial charge in [0.05, 0.1) is 12.5 Å². The Balaban J connectivity index is 2.59. The number of nitrogens with zero attached hydrogens (tertiary/aromatic N) is 1. The van der Waals surface area contributed by atoms with E-state index in [1.54, 1.807) is 0 Å². The van der Waals surface area contributed by atoms with Crippen LogP contribution in [0.3, 0.4) is 0 Å². The Hall–Kier alpha value is -2.16. The first kappa shape index (κ1) is 14.9. The standard InChI is InChI=1S/C10H15N3O6/c1-4(14)7(9(17)18)12-10(19)11-5-3-6(15)13(2)8(5)16/h4-5,7,14H,3H2,1-2H3,(H,17,18)(H2,11,12,19). The maximum Gasteiger partial charge on any atom is 0.328 e. The van der Waals surface area contributed by atoms with Crippen molar-refractivity contribution in [2.24, 2.45) is 0 Å². The number of aliphatic hydroxyl groups is 1. The Bertz CT molecular complexity index is 421. The predicted molar refractivity (Wildman–Crippen MR) is 61.0 cm³/mol. The largest absolute Gasteiger partial charge is 0.480 e. The number of aliphatic carboxylic acids is 1. The Kier molecular flexibility index (Phi) is 4.43. The molecule has 0 aliphatic carbocycles. The van der Waals surface area contributed by atoms with Crippen LogP contribution in [0.2, 0.25) is 0 Å². The van der Waals surface area contributed by atoms with Crippen LogP contribution >= 0.6 is 0 Å². The van der Waals surface area contributed by atoms with Gasteiger partial charge in [0.15, 0.2) is 6.04 Å². The normalized spacial score (nSPS) is 22.1. The van der Waals surface area contributed by atoms with Gasteiger partial charge in [-0.1, -0.05) is 0 Å². The Labute approximate surface area is 108 Å². The van der Waals surface area contributed by atoms with Crippen molar-refractivity contribution < 1.29 is 29.4 Å². The Morgan fingerprint density at radius 3 is 2.37 bits per heavy atom. The van der Waals surface area contributed by atoms with Crippen LogP contribution in [0.15, 0.2) is 0 Å². The van der Waals surface area contributed by atoms with E-state index in [-0.39, 0.29) is 6.42 Å². The first-order chi connectivity index (χ1) is 8.73. The first-order valence-corrected chi connectivity index (χ1v) is 5.52. The summed E-state index contributed by atoms with van der Waals surface area (Å²) in [6.45, 7) is 1.21. The molecule has 106 valence electrons. The third kappa shape index (κ3) is 3.41. The number of likely N-dealkylation sites (tertiary alicyclic amines) is 1. The summed E-state index contributed by atoms with van der Waals surface area (Å²) in [6.07, 6.45) is -1.47. The molecule has 0 aromatic rings. The number of carboxylic acid groups (broad SMARTS) is 1. The van der Waals surface area contributed by atoms with Gasteiger partial charge in [-0.2, -0.15) is 0 Å². The predicted octanol–water partition coefficient (Wildman–Crippen LogP) is -2.12. The molecule has 1 saturated heterocycles. The minimum Gasteiger partial charge on any atom is -0.480 e. The Morgan fingerprint density at radius 1 is 1.42 bits per heavy atom. The van der Waals surface area contributed by atoms with Gasteiger partial charge in [-0.3, -0.25) is 14.5 Å². The molecule has 3 atom stereocenters. The number of hydrogen-bond donors (Lipinski definition) is 4. The summed E-state index contributed by atoms with van der Waals surface area (Å²) in [4.78, 5) is 45.8. The van der Waals surface area contributed by atoms with Gasteiger partial charge >= 0.3 is 12.0 Å². The molecule has 0 aromatic heterocycles. The van der Waals surface area contributed by atoms with Gasteiger partial charge in [-0.15, -0.1) is 0 Å². The molecule has 0 spiro atoms. The lowest BCUT2D eigenvalue weighted by Gasteiger charge is -2.18. The summed E-state index contributed by atoms with van der Waals surface area (Å²) in [5.74, 6) is -2.40. The highest BCUT2D eigenvalue weighted by atomic mass is 16.4. The lowest BCUT2D eigenvalue weighted by molar-refractivity contribution is -0.142. The molecule has 4 amide bonds. The van der Waals surface area contributed by atoms with Crippen molar-refractivity contribution in [2.45, 2.75) is 31.5 Å². The van der Waals surface area contributed by atoms with Crippen LogP contribution in [0.4, 0.5) is 4.79 Å². The highest BCUT2D eigenvalue weighted by Gasteiger charge is 2.37. The summed E-state index contributed by atoms with van der Waals surface area (Å²) < 4.78 is 0. The van der Waals surface area contributed by atoms with Crippen LogP contribution < -0.4 is 10.6 Å². The number of carboxylic acids is 1. The molecular formula is C10H15N3O6. The van der Waals surface area contributed by atoms with E-state index in [0.717, 1.165) is 4.90 Å². The van der Waals surface area contributed by atoms with Crippen molar-refractivity contribution in [1.29, 1.82) is 0 Å². The van der Waals surface area contributed by atoms with E-state index >= 15 is 0 Å². The lowest BCUT2D eigenvalue weighted by Crippen LogP contribution is -2.54. The summed E-state index contributed by atoms with van der Waals surface area (Å²) in [6, 6.07) is -3.44. The number of rotatable bonds is 4. The van der Waals surface area contributed by atoms with Crippen LogP contribution in [0, 0.1) is 0 Å². The number of carbonyl (C=O) groups is 4. The molecule has 1 rings (SSSR count). The molecular weight excluding hydrogens is 258 g/mol. The zero-order valence-electron chi connectivity index (χ0n) is 10.4. The number of nitrogens with one attached hydrogen (secondary N) is 2. The van der Waals surface area contributed by atoms with Crippen molar-refractivity contribution in [3.8, 4) is 0 Å². The fraction of sp³-hybridized carbons (Fsp3) is 0.600. The third-order valence-electron chi connectivity index (χ3n) is 2.72. The van der Waals surface area contributed by atoms with E-state index in [2.05, 4.69) is 5.32 Å². The minimum atomic E-state index is -1.50. The second-order valence-electron chi connectivity index (χ2n) is 4.22. The smallest absolute Gasteiger partial charge is 0.328 e. The average Bonchev–Trinajstić information content (AvgIpc) is 2.53. The lowest BCUT2D eigenvalue weighted by atomic mass is 10.2. The number of urea groups is 1. The second kappa shape index (κ2) is 5.65. The summed E-state index contributed by atoms with van der Waals surface area (Å²) >= 11 is 0. The van der Waals surface area contributed by atoms with Crippen molar-refractivity contribution in [2.75, 3.05) is 7.05 Å². The number of imide groups is 1. The SMILES string of the molecule is CC(O)C(NC(=O)NC1CC(=O)N(C)C1=O)C(=O)O. The van der Waals surface area contributed by atoms with Gasteiger partial charge in [0.2, 0.25) is 5.91 Å². The molecule has 9 nitrogen and oxygen atoms in total. The minimum absolute atomic E-state index is 0.171. The van der Waals surface area contributed by atoms with E-state index in [9.17, 15) is 24.3 Å². The maximum atomic E-state index is 11.5. The fourth-order valence-electron chi connectivity index (χ4n) is 1.60. The van der Waals surface area contributed by atoms with Crippen molar-refractivity contribution >= 4 is 23.8 Å². The molecule has 3 unspecified atom stereocenters. The molecule has 19 heavy (non-hydrogen) atoms. The van der Waals surface area contributed by atoms with E-state index in [1.807, 2.05) is 5.32 Å². The number of likely N-dealkylation sites (N-methyl/N-ethyl adjacent to an activating group) is 1. The molecule has 9 heteroatoms. The van der Waals surface area contributed by atoms with E-state index in [1.165, 1.54) is 14.0 Å². The fourth-order valence-corrected chi connectivity index (χ4v) is 1.60. The van der Waals surface area contributed by atoms with Gasteiger partial charge in [-0.05, 0) is 6.92 Å². The van der Waals surface area contributed by atoms with Gasteiger partial charge in [0.25, 0.3) is 5.91 Å². The Morgan fingerprint density at radius 2 is 2.00 bits per heavy atom. The van der Waals surface area contributed by atoms with Gasteiger partial charge < -0.3 is 20.8 Å². The summed E-state index contributed by atoms with van der Waals surface area (Å²) in [5, 5.41) is 22.1. The third-order valence-corrected chi connectivity index (χ3v) is 2.72. The molecule has 0 bridgehead atoms. The van der Waals surface area contributed by atoms with E-state index in [0.29, 0.717) is 0 Å². The average molecular weight is 273 g/mol. The van der Waals surface area contributed by atoms with Crippen LogP contribution in [-0.4, -0.2) is 64.2 Å². The molecule has 1 heterocycles. The zero-order chi connectivity index (χ0) is 14.7. The van der Waals surface area contributed by atoms with Crippen LogP contribution in [0.25, 0.3) is 0 Å². The number of carbonyl (C=O) groups excluding carboxylic acids is 3. The molecule has 4 N–H and O–H groups in total. The quantitative estimate of drug-likeness (QED) is 0.432. The van der Waals surface area contributed by atoms with Crippen molar-refractivity contribution in [3.63, 3.8) is 0 Å². The van der Waals surface area contributed by atoms with Crippen molar-refractivity contribution in [3.05, 3.63) is 0 Å². The van der Waals surface area contributed by atoms with Gasteiger partial charge in [0.1, 0.15) is 6.04 Å². The topological polar surface area (TPSA) is 136 Å². The van der Waals surface area contributed by atoms with Crippen molar-refractivity contribution in [1.82, 2.24) is 15.5 Å². The monoisotopic (exact) mass is 273 g/mol. The summed E-state index contributed by atoms with van der Waals surface area (Å²) in [7, 11) is 1.29. The molecule has 0 radical (unpaired) electrons. The zero-order valence-corrected chi connectivity index (χ0v) is 10.4. The molecule has 1 aliphatic rings. The van der Waals surface area contributed by atoms with Crippen LogP contribution in [0.5, 0.6) is 0 Å². The number of hydrogen-bond acceptors (Lipinski definition) is 5. The second-order valence-corrected chi connectivity index (χ2v) is 4.22. The molecule has 1 aliphatic heterocycles. The molecule has 0 saturated carbocycles. The summed E-state index contributed by atoms with van der Waals surface area (Å²) in [5.41, 5.74) is 0. The first-order valence-electron chi connectivity index (χ1n) is 5.52. The number of aliphatic hydroxyl groups excluding tert-OH is 1. The van der Waals surface area contributed by atoms with Gasteiger partial charge in [-0.25, -0.2) is 9.59 Å². The van der Waals surface area contributed by atoms with Gasteiger partial charge in [0, 0.05) is 7.05 Å². The molecule has 1 fully saturated rings. The highest BCUT2D eigenvalue weighted by molar-refractivity contribution is 6.06. The highest BCUT2D eigenvalue weighted by Crippen LogP contribution is 2.10. The maximum absolute atomic E-state index is 11.5. The van der Waals surface area contributed by atoms with E-state index < -0.39 is 42.0 Å².